The van der Waals surface area contributed by atoms with Crippen molar-refractivity contribution in [3.8, 4) is 0 Å². The maximum Gasteiger partial charge on any atom is 0.334 e. The molecule has 0 aromatic rings. The van der Waals surface area contributed by atoms with Crippen molar-refractivity contribution >= 4 is 17.6 Å². The number of alkyl halides is 1. The standard InChI is InChI=1S/C8H13ClO2/c1-4-5-11-8(10)6(2)7(3)9/h7H,2,4-5H2,1,3H3. The number of esters is 1. The molecule has 0 saturated heterocycles. The Hall–Kier alpha value is -0.500. The molecule has 0 aliphatic carbocycles. The summed E-state index contributed by atoms with van der Waals surface area (Å²) < 4.78 is 4.79. The molecule has 0 aliphatic heterocycles. The third-order valence-corrected chi connectivity index (χ3v) is 1.44. The summed E-state index contributed by atoms with van der Waals surface area (Å²) in [6.45, 7) is 7.55. The predicted molar refractivity (Wildman–Crippen MR) is 45.7 cm³/mol. The van der Waals surface area contributed by atoms with Crippen LogP contribution in [0, 0.1) is 0 Å². The highest BCUT2D eigenvalue weighted by atomic mass is 35.5. The van der Waals surface area contributed by atoms with Gasteiger partial charge in [-0.15, -0.1) is 11.6 Å². The van der Waals surface area contributed by atoms with Crippen LogP contribution in [-0.2, 0) is 9.53 Å². The van der Waals surface area contributed by atoms with E-state index in [-0.39, 0.29) is 5.38 Å². The summed E-state index contributed by atoms with van der Waals surface area (Å²) in [5.74, 6) is -0.394. The van der Waals surface area contributed by atoms with E-state index in [1.54, 1.807) is 6.92 Å². The normalized spacial score (nSPS) is 12.3. The van der Waals surface area contributed by atoms with Gasteiger partial charge in [-0.05, 0) is 13.3 Å². The fourth-order valence-electron chi connectivity index (χ4n) is 0.450. The summed E-state index contributed by atoms with van der Waals surface area (Å²) in [5, 5.41) is -0.348. The van der Waals surface area contributed by atoms with Crippen molar-refractivity contribution in [2.45, 2.75) is 25.6 Å². The van der Waals surface area contributed by atoms with Gasteiger partial charge in [0.15, 0.2) is 0 Å². The van der Waals surface area contributed by atoms with E-state index in [0.717, 1.165) is 6.42 Å². The van der Waals surface area contributed by atoms with Gasteiger partial charge < -0.3 is 4.74 Å². The first-order valence-electron chi connectivity index (χ1n) is 3.59. The zero-order chi connectivity index (χ0) is 8.85. The second-order valence-electron chi connectivity index (χ2n) is 2.28. The Kier molecular flexibility index (Phi) is 4.95. The summed E-state index contributed by atoms with van der Waals surface area (Å²) in [4.78, 5) is 10.9. The van der Waals surface area contributed by atoms with Gasteiger partial charge in [0.25, 0.3) is 0 Å². The van der Waals surface area contributed by atoms with Crippen LogP contribution < -0.4 is 0 Å². The fraction of sp³-hybridized carbons (Fsp3) is 0.625. The predicted octanol–water partition coefficient (Wildman–Crippen LogP) is 2.12. The summed E-state index contributed by atoms with van der Waals surface area (Å²) in [7, 11) is 0. The number of carbonyl (C=O) groups excluding carboxylic acids is 1. The fourth-order valence-corrected chi connectivity index (χ4v) is 0.539. The number of hydrogen-bond donors (Lipinski definition) is 0. The molecule has 0 amide bonds. The molecule has 0 saturated carbocycles. The molecule has 2 nitrogen and oxygen atoms in total. The quantitative estimate of drug-likeness (QED) is 0.373. The summed E-state index contributed by atoms with van der Waals surface area (Å²) in [6, 6.07) is 0. The van der Waals surface area contributed by atoms with Gasteiger partial charge in [0.1, 0.15) is 0 Å². The molecule has 0 aliphatic rings. The third kappa shape index (κ3) is 4.04. The largest absolute Gasteiger partial charge is 0.462 e. The Morgan fingerprint density at radius 1 is 1.73 bits per heavy atom. The Morgan fingerprint density at radius 2 is 2.27 bits per heavy atom. The van der Waals surface area contributed by atoms with Crippen molar-refractivity contribution in [2.24, 2.45) is 0 Å². The van der Waals surface area contributed by atoms with Gasteiger partial charge >= 0.3 is 5.97 Å². The number of rotatable bonds is 4. The lowest BCUT2D eigenvalue weighted by Gasteiger charge is -2.06. The van der Waals surface area contributed by atoms with E-state index < -0.39 is 5.97 Å². The van der Waals surface area contributed by atoms with Crippen LogP contribution in [0.25, 0.3) is 0 Å². The average Bonchev–Trinajstić information content (AvgIpc) is 1.98. The first-order valence-corrected chi connectivity index (χ1v) is 4.03. The van der Waals surface area contributed by atoms with E-state index in [4.69, 9.17) is 16.3 Å². The first-order chi connectivity index (χ1) is 5.09. The lowest BCUT2D eigenvalue weighted by atomic mass is 10.2. The van der Waals surface area contributed by atoms with Crippen LogP contribution in [0.1, 0.15) is 20.3 Å². The zero-order valence-electron chi connectivity index (χ0n) is 6.89. The molecule has 11 heavy (non-hydrogen) atoms. The Labute approximate surface area is 72.2 Å². The Bertz CT molecular complexity index is 152. The number of carbonyl (C=O) groups is 1. The summed E-state index contributed by atoms with van der Waals surface area (Å²) in [5.41, 5.74) is 0.320. The van der Waals surface area contributed by atoms with Crippen LogP contribution >= 0.6 is 11.6 Å². The van der Waals surface area contributed by atoms with E-state index in [9.17, 15) is 4.79 Å². The van der Waals surface area contributed by atoms with Crippen molar-refractivity contribution in [1.82, 2.24) is 0 Å². The van der Waals surface area contributed by atoms with Crippen LogP contribution in [0.5, 0.6) is 0 Å². The highest BCUT2D eigenvalue weighted by molar-refractivity contribution is 6.24. The smallest absolute Gasteiger partial charge is 0.334 e. The second-order valence-corrected chi connectivity index (χ2v) is 2.93. The molecule has 0 heterocycles. The van der Waals surface area contributed by atoms with Gasteiger partial charge in [0.05, 0.1) is 12.0 Å². The summed E-state index contributed by atoms with van der Waals surface area (Å²) in [6.07, 6.45) is 0.815. The minimum absolute atomic E-state index is 0.320. The number of hydrogen-bond acceptors (Lipinski definition) is 2. The topological polar surface area (TPSA) is 26.3 Å². The lowest BCUT2D eigenvalue weighted by molar-refractivity contribution is -0.139. The molecule has 0 aromatic heterocycles. The molecule has 1 unspecified atom stereocenters. The highest BCUT2D eigenvalue weighted by Crippen LogP contribution is 2.08. The Balaban J connectivity index is 3.75. The van der Waals surface area contributed by atoms with E-state index in [2.05, 4.69) is 6.58 Å². The molecule has 64 valence electrons. The Morgan fingerprint density at radius 3 is 2.64 bits per heavy atom. The monoisotopic (exact) mass is 176 g/mol. The van der Waals surface area contributed by atoms with E-state index >= 15 is 0 Å². The van der Waals surface area contributed by atoms with Crippen LogP contribution in [-0.4, -0.2) is 18.0 Å². The molecule has 0 bridgehead atoms. The van der Waals surface area contributed by atoms with Crippen molar-refractivity contribution < 1.29 is 9.53 Å². The zero-order valence-corrected chi connectivity index (χ0v) is 7.65. The van der Waals surface area contributed by atoms with Gasteiger partial charge in [0, 0.05) is 5.57 Å². The lowest BCUT2D eigenvalue weighted by Crippen LogP contribution is -2.13. The van der Waals surface area contributed by atoms with Crippen molar-refractivity contribution in [2.75, 3.05) is 6.61 Å². The summed E-state index contributed by atoms with van der Waals surface area (Å²) >= 11 is 5.60. The molecular weight excluding hydrogens is 164 g/mol. The van der Waals surface area contributed by atoms with Gasteiger partial charge in [-0.3, -0.25) is 0 Å². The third-order valence-electron chi connectivity index (χ3n) is 1.18. The van der Waals surface area contributed by atoms with E-state index in [0.29, 0.717) is 12.2 Å². The molecule has 3 heteroatoms. The van der Waals surface area contributed by atoms with Crippen LogP contribution in [0.3, 0.4) is 0 Å². The van der Waals surface area contributed by atoms with Crippen molar-refractivity contribution in [3.05, 3.63) is 12.2 Å². The minimum atomic E-state index is -0.394. The molecule has 0 spiro atoms. The van der Waals surface area contributed by atoms with Gasteiger partial charge in [0.2, 0.25) is 0 Å². The van der Waals surface area contributed by atoms with Crippen LogP contribution in [0.4, 0.5) is 0 Å². The van der Waals surface area contributed by atoms with Crippen molar-refractivity contribution in [1.29, 1.82) is 0 Å². The first kappa shape index (κ1) is 10.5. The van der Waals surface area contributed by atoms with Gasteiger partial charge in [-0.25, -0.2) is 4.79 Å². The number of halogens is 1. The van der Waals surface area contributed by atoms with Crippen LogP contribution in [0.2, 0.25) is 0 Å². The van der Waals surface area contributed by atoms with E-state index in [1.165, 1.54) is 0 Å². The maximum atomic E-state index is 10.9. The van der Waals surface area contributed by atoms with E-state index in [1.807, 2.05) is 6.92 Å². The van der Waals surface area contributed by atoms with Gasteiger partial charge in [-0.1, -0.05) is 13.5 Å². The molecule has 0 fully saturated rings. The minimum Gasteiger partial charge on any atom is -0.462 e. The van der Waals surface area contributed by atoms with Crippen molar-refractivity contribution in [3.63, 3.8) is 0 Å². The second kappa shape index (κ2) is 5.19. The molecule has 0 N–H and O–H groups in total. The van der Waals surface area contributed by atoms with Crippen LogP contribution in [0.15, 0.2) is 12.2 Å². The number of ether oxygens (including phenoxy) is 1. The highest BCUT2D eigenvalue weighted by Gasteiger charge is 2.12. The molecule has 0 rings (SSSR count). The average molecular weight is 177 g/mol. The van der Waals surface area contributed by atoms with Gasteiger partial charge in [-0.2, -0.15) is 0 Å². The SMILES string of the molecule is C=C(C(=O)OCCC)C(C)Cl. The molecular formula is C8H13ClO2. The molecule has 1 atom stereocenters. The maximum absolute atomic E-state index is 10.9. The molecule has 0 radical (unpaired) electrons. The molecule has 0 aromatic carbocycles.